The number of hydrogen-bond donors (Lipinski definition) is 2. The molecule has 0 spiro atoms. The number of nitrogen functional groups attached to an aromatic ring is 1. The van der Waals surface area contributed by atoms with Gasteiger partial charge >= 0.3 is 5.97 Å². The van der Waals surface area contributed by atoms with Crippen LogP contribution in [0, 0.1) is 0 Å². The largest absolute Gasteiger partial charge is 0.467 e. The van der Waals surface area contributed by atoms with E-state index in [9.17, 15) is 9.59 Å². The molecule has 1 heterocycles. The van der Waals surface area contributed by atoms with Gasteiger partial charge in [-0.05, 0) is 5.56 Å². The molecule has 3 N–H and O–H groups in total. The van der Waals surface area contributed by atoms with E-state index in [-0.39, 0.29) is 11.7 Å². The van der Waals surface area contributed by atoms with Crippen molar-refractivity contribution in [3.05, 3.63) is 35.9 Å². The number of carbonyl (C=O) groups excluding carboxylic acids is 2. The van der Waals surface area contributed by atoms with Gasteiger partial charge in [0.1, 0.15) is 6.04 Å². The van der Waals surface area contributed by atoms with E-state index < -0.39 is 12.0 Å². The van der Waals surface area contributed by atoms with Gasteiger partial charge in [-0.15, -0.1) is 10.2 Å². The average Bonchev–Trinajstić information content (AvgIpc) is 3.04. The van der Waals surface area contributed by atoms with E-state index in [1.54, 1.807) is 11.8 Å². The molecular formula is C15H18N4O3S3. The number of ether oxygens (including phenoxy) is 1. The van der Waals surface area contributed by atoms with Crippen LogP contribution < -0.4 is 11.1 Å². The number of esters is 1. The fourth-order valence-corrected chi connectivity index (χ4v) is 4.27. The molecule has 0 fully saturated rings. The summed E-state index contributed by atoms with van der Waals surface area (Å²) >= 11 is 4.00. The minimum atomic E-state index is -0.689. The fraction of sp³-hybridized carbons (Fsp3) is 0.333. The van der Waals surface area contributed by atoms with Gasteiger partial charge in [-0.3, -0.25) is 4.79 Å². The van der Waals surface area contributed by atoms with Crippen molar-refractivity contribution in [2.45, 2.75) is 16.1 Å². The van der Waals surface area contributed by atoms with Crippen LogP contribution in [0.3, 0.4) is 0 Å². The molecular weight excluding hydrogens is 380 g/mol. The highest BCUT2D eigenvalue weighted by Gasteiger charge is 2.21. The topological polar surface area (TPSA) is 107 Å². The Morgan fingerprint density at radius 2 is 2.08 bits per heavy atom. The number of benzene rings is 1. The van der Waals surface area contributed by atoms with E-state index in [4.69, 9.17) is 10.5 Å². The molecule has 25 heavy (non-hydrogen) atoms. The van der Waals surface area contributed by atoms with Crippen molar-refractivity contribution < 1.29 is 14.3 Å². The van der Waals surface area contributed by atoms with E-state index in [1.165, 1.54) is 30.2 Å². The maximum absolute atomic E-state index is 12.1. The highest BCUT2D eigenvalue weighted by Crippen LogP contribution is 2.23. The van der Waals surface area contributed by atoms with Crippen LogP contribution >= 0.6 is 34.9 Å². The van der Waals surface area contributed by atoms with Crippen LogP contribution in [0.2, 0.25) is 0 Å². The highest BCUT2D eigenvalue weighted by molar-refractivity contribution is 8.01. The number of carbonyl (C=O) groups is 2. The molecule has 0 saturated carbocycles. The second-order valence-electron chi connectivity index (χ2n) is 4.84. The number of aromatic nitrogens is 2. The lowest BCUT2D eigenvalue weighted by atomic mass is 10.2. The molecule has 0 aliphatic heterocycles. The van der Waals surface area contributed by atoms with Gasteiger partial charge in [-0.1, -0.05) is 53.4 Å². The molecule has 0 aliphatic carbocycles. The molecule has 10 heteroatoms. The molecule has 1 aromatic carbocycles. The molecule has 0 aliphatic rings. The van der Waals surface area contributed by atoms with E-state index in [0.29, 0.717) is 15.2 Å². The number of nitrogens with one attached hydrogen (secondary N) is 1. The third-order valence-corrected chi connectivity index (χ3v) is 5.96. The van der Waals surface area contributed by atoms with Gasteiger partial charge in [0.25, 0.3) is 0 Å². The predicted octanol–water partition coefficient (Wildman–Crippen LogP) is 1.80. The van der Waals surface area contributed by atoms with Crippen molar-refractivity contribution in [3.63, 3.8) is 0 Å². The van der Waals surface area contributed by atoms with Crippen molar-refractivity contribution in [3.8, 4) is 0 Å². The summed E-state index contributed by atoms with van der Waals surface area (Å²) in [7, 11) is 1.31. The van der Waals surface area contributed by atoms with Crippen LogP contribution in [0.4, 0.5) is 5.13 Å². The summed E-state index contributed by atoms with van der Waals surface area (Å²) in [4.78, 5) is 23.9. The highest BCUT2D eigenvalue weighted by atomic mass is 32.2. The first-order valence-corrected chi connectivity index (χ1v) is 10.2. The fourth-order valence-electron chi connectivity index (χ4n) is 1.82. The monoisotopic (exact) mass is 398 g/mol. The van der Waals surface area contributed by atoms with Crippen LogP contribution in [0.15, 0.2) is 34.7 Å². The molecule has 134 valence electrons. The van der Waals surface area contributed by atoms with Crippen molar-refractivity contribution in [2.75, 3.05) is 24.3 Å². The number of nitrogens with two attached hydrogens (primary N) is 1. The van der Waals surface area contributed by atoms with Crippen molar-refractivity contribution in [2.24, 2.45) is 0 Å². The number of thioether (sulfide) groups is 2. The lowest BCUT2D eigenvalue weighted by Gasteiger charge is -2.16. The van der Waals surface area contributed by atoms with E-state index in [1.807, 2.05) is 30.3 Å². The van der Waals surface area contributed by atoms with Gasteiger partial charge in [0.05, 0.1) is 12.9 Å². The minimum Gasteiger partial charge on any atom is -0.467 e. The molecule has 1 aromatic heterocycles. The smallest absolute Gasteiger partial charge is 0.329 e. The Kier molecular flexibility index (Phi) is 8.02. The SMILES string of the molecule is COC(=O)[C@@H](CSCc1ccccc1)NC(=O)CSc1nnc(N)s1. The standard InChI is InChI=1S/C15H18N4O3S3/c1-22-13(21)11(8-23-7-10-5-3-2-4-6-10)17-12(20)9-24-15-19-18-14(16)25-15/h2-6,11H,7-9H2,1H3,(H2,16,18)(H,17,20)/t11-/m1/s1. The third-order valence-electron chi connectivity index (χ3n) is 2.97. The Labute approximate surface area is 158 Å². The number of anilines is 1. The Morgan fingerprint density at radius 3 is 2.72 bits per heavy atom. The molecule has 0 unspecified atom stereocenters. The van der Waals surface area contributed by atoms with E-state index in [2.05, 4.69) is 15.5 Å². The average molecular weight is 399 g/mol. The Morgan fingerprint density at radius 1 is 1.32 bits per heavy atom. The summed E-state index contributed by atoms with van der Waals surface area (Å²) in [5.74, 6) is 0.589. The first kappa shape index (κ1) is 19.5. The number of rotatable bonds is 9. The summed E-state index contributed by atoms with van der Waals surface area (Å²) in [6, 6.07) is 9.23. The van der Waals surface area contributed by atoms with Crippen molar-refractivity contribution in [1.29, 1.82) is 0 Å². The molecule has 1 amide bonds. The molecule has 2 rings (SSSR count). The molecule has 1 atom stereocenters. The molecule has 7 nitrogen and oxygen atoms in total. The zero-order chi connectivity index (χ0) is 18.1. The van der Waals surface area contributed by atoms with Gasteiger partial charge in [-0.25, -0.2) is 4.79 Å². The summed E-state index contributed by atoms with van der Waals surface area (Å²) in [6.07, 6.45) is 0. The normalized spacial score (nSPS) is 11.7. The summed E-state index contributed by atoms with van der Waals surface area (Å²) in [6.45, 7) is 0. The maximum atomic E-state index is 12.1. The van der Waals surface area contributed by atoms with Crippen LogP contribution in [-0.4, -0.2) is 46.7 Å². The van der Waals surface area contributed by atoms with Gasteiger partial charge < -0.3 is 15.8 Å². The quantitative estimate of drug-likeness (QED) is 0.486. The zero-order valence-electron chi connectivity index (χ0n) is 13.5. The lowest BCUT2D eigenvalue weighted by molar-refractivity contribution is -0.144. The Bertz CT molecular complexity index is 696. The second-order valence-corrected chi connectivity index (χ2v) is 8.10. The maximum Gasteiger partial charge on any atom is 0.329 e. The number of nitrogens with zero attached hydrogens (tertiary/aromatic N) is 2. The Balaban J connectivity index is 1.80. The van der Waals surface area contributed by atoms with Gasteiger partial charge in [-0.2, -0.15) is 11.8 Å². The predicted molar refractivity (Wildman–Crippen MR) is 102 cm³/mol. The summed E-state index contributed by atoms with van der Waals surface area (Å²) < 4.78 is 5.38. The molecule has 0 bridgehead atoms. The van der Waals surface area contributed by atoms with E-state index >= 15 is 0 Å². The number of methoxy groups -OCH3 is 1. The Hall–Kier alpha value is -1.78. The van der Waals surface area contributed by atoms with Gasteiger partial charge in [0, 0.05) is 11.5 Å². The van der Waals surface area contributed by atoms with Gasteiger partial charge in [0.15, 0.2) is 4.34 Å². The van der Waals surface area contributed by atoms with Crippen LogP contribution in [0.5, 0.6) is 0 Å². The first-order chi connectivity index (χ1) is 12.1. The van der Waals surface area contributed by atoms with Crippen LogP contribution in [0.25, 0.3) is 0 Å². The summed E-state index contributed by atoms with van der Waals surface area (Å²) in [5, 5.41) is 10.6. The first-order valence-electron chi connectivity index (χ1n) is 7.29. The molecule has 2 aromatic rings. The third kappa shape index (κ3) is 6.92. The van der Waals surface area contributed by atoms with E-state index in [0.717, 1.165) is 11.3 Å². The number of hydrogen-bond acceptors (Lipinski definition) is 9. The van der Waals surface area contributed by atoms with Gasteiger partial charge in [0.2, 0.25) is 11.0 Å². The van der Waals surface area contributed by atoms with Crippen LogP contribution in [-0.2, 0) is 20.1 Å². The lowest BCUT2D eigenvalue weighted by Crippen LogP contribution is -2.44. The zero-order valence-corrected chi connectivity index (χ0v) is 16.0. The van der Waals surface area contributed by atoms with Crippen molar-refractivity contribution >= 4 is 51.9 Å². The number of amides is 1. The summed E-state index contributed by atoms with van der Waals surface area (Å²) in [5.41, 5.74) is 6.65. The molecule has 0 radical (unpaired) electrons. The minimum absolute atomic E-state index is 0.130. The molecule has 0 saturated heterocycles. The second kappa shape index (κ2) is 10.3. The van der Waals surface area contributed by atoms with Crippen LogP contribution in [0.1, 0.15) is 5.56 Å². The van der Waals surface area contributed by atoms with Crippen molar-refractivity contribution in [1.82, 2.24) is 15.5 Å².